The van der Waals surface area contributed by atoms with E-state index in [9.17, 15) is 0 Å². The first-order valence-corrected chi connectivity index (χ1v) is 5.30. The first-order chi connectivity index (χ1) is 5.79. The third-order valence-electron chi connectivity index (χ3n) is 2.07. The maximum atomic E-state index is 3.76. The number of nitrogens with one attached hydrogen (secondary N) is 1. The topological polar surface area (TPSA) is 12.0 Å². The second kappa shape index (κ2) is 5.55. The molecule has 0 amide bonds. The number of hydrogen-bond acceptors (Lipinski definition) is 1. The number of rotatable bonds is 5. The van der Waals surface area contributed by atoms with Crippen LogP contribution in [0, 0.1) is 0 Å². The lowest BCUT2D eigenvalue weighted by atomic mass is 10.2. The Hall–Kier alpha value is -0.0800. The van der Waals surface area contributed by atoms with Crippen LogP contribution >= 0.6 is 15.9 Å². The van der Waals surface area contributed by atoms with Gasteiger partial charge < -0.3 is 5.32 Å². The summed E-state index contributed by atoms with van der Waals surface area (Å²) in [6.45, 7) is 5.73. The van der Waals surface area contributed by atoms with Crippen LogP contribution in [0.25, 0.3) is 0 Å². The molecule has 1 nitrogen and oxygen atoms in total. The van der Waals surface area contributed by atoms with Gasteiger partial charge >= 0.3 is 0 Å². The summed E-state index contributed by atoms with van der Waals surface area (Å²) in [5.74, 6) is 0. The Morgan fingerprint density at radius 1 is 1.67 bits per heavy atom. The predicted molar refractivity (Wildman–Crippen MR) is 57.5 cm³/mol. The van der Waals surface area contributed by atoms with Crippen molar-refractivity contribution in [2.24, 2.45) is 0 Å². The highest BCUT2D eigenvalue weighted by atomic mass is 79.9. The molecule has 0 unspecified atom stereocenters. The fourth-order valence-corrected chi connectivity index (χ4v) is 1.64. The molecule has 1 rings (SSSR count). The van der Waals surface area contributed by atoms with Gasteiger partial charge in [0.1, 0.15) is 0 Å². The van der Waals surface area contributed by atoms with Crippen molar-refractivity contribution in [3.63, 3.8) is 0 Å². The zero-order chi connectivity index (χ0) is 8.81. The van der Waals surface area contributed by atoms with E-state index in [4.69, 9.17) is 0 Å². The summed E-state index contributed by atoms with van der Waals surface area (Å²) in [4.78, 5) is 0. The molecule has 12 heavy (non-hydrogen) atoms. The van der Waals surface area contributed by atoms with Crippen molar-refractivity contribution in [1.82, 2.24) is 5.32 Å². The van der Waals surface area contributed by atoms with Crippen molar-refractivity contribution in [1.29, 1.82) is 0 Å². The minimum atomic E-state index is 0.882. The predicted octanol–water partition coefficient (Wildman–Crippen LogP) is 2.99. The molecule has 1 aliphatic rings. The van der Waals surface area contributed by atoms with Crippen LogP contribution < -0.4 is 5.32 Å². The van der Waals surface area contributed by atoms with Crippen LogP contribution in [-0.2, 0) is 0 Å². The highest BCUT2D eigenvalue weighted by Gasteiger charge is 2.02. The molecule has 0 fully saturated rings. The van der Waals surface area contributed by atoms with Crippen LogP contribution in [0.15, 0.2) is 22.7 Å². The van der Waals surface area contributed by atoms with E-state index in [2.05, 4.69) is 33.9 Å². The van der Waals surface area contributed by atoms with E-state index in [1.54, 1.807) is 5.57 Å². The largest absolute Gasteiger partial charge is 0.312 e. The molecule has 0 radical (unpaired) electrons. The summed E-state index contributed by atoms with van der Waals surface area (Å²) in [6, 6.07) is 0. The Morgan fingerprint density at radius 3 is 3.08 bits per heavy atom. The third kappa shape index (κ3) is 4.07. The van der Waals surface area contributed by atoms with Crippen molar-refractivity contribution in [3.8, 4) is 0 Å². The monoisotopic (exact) mass is 229 g/mol. The van der Waals surface area contributed by atoms with Gasteiger partial charge in [0, 0.05) is 11.0 Å². The summed E-state index contributed by atoms with van der Waals surface area (Å²) in [5, 5.41) is 3.32. The molecule has 2 heteroatoms. The van der Waals surface area contributed by atoms with E-state index in [1.807, 2.05) is 0 Å². The first-order valence-electron chi connectivity index (χ1n) is 4.51. The number of halogens is 1. The Labute approximate surface area is 83.1 Å². The maximum Gasteiger partial charge on any atom is 0.0265 e. The normalized spacial score (nSPS) is 16.2. The first kappa shape index (κ1) is 10.0. The lowest BCUT2D eigenvalue weighted by Gasteiger charge is -2.03. The van der Waals surface area contributed by atoms with E-state index in [1.165, 1.54) is 25.7 Å². The second-order valence-corrected chi connectivity index (χ2v) is 4.32. The molecule has 0 aromatic carbocycles. The minimum Gasteiger partial charge on any atom is -0.312 e. The van der Waals surface area contributed by atoms with Gasteiger partial charge in [0.25, 0.3) is 0 Å². The summed E-state index contributed by atoms with van der Waals surface area (Å²) < 4.78 is 1.03. The molecular weight excluding hydrogens is 214 g/mol. The van der Waals surface area contributed by atoms with E-state index in [-0.39, 0.29) is 0 Å². The van der Waals surface area contributed by atoms with Gasteiger partial charge in [-0.1, -0.05) is 34.2 Å². The summed E-state index contributed by atoms with van der Waals surface area (Å²) >= 11 is 3.32. The molecule has 68 valence electrons. The fourth-order valence-electron chi connectivity index (χ4n) is 1.44. The van der Waals surface area contributed by atoms with Crippen molar-refractivity contribution in [2.75, 3.05) is 13.1 Å². The third-order valence-corrected chi connectivity index (χ3v) is 2.36. The van der Waals surface area contributed by atoms with Crippen molar-refractivity contribution in [3.05, 3.63) is 22.7 Å². The number of hydrogen-bond donors (Lipinski definition) is 1. The molecular formula is C10H16BrN. The molecule has 0 saturated carbocycles. The quantitative estimate of drug-likeness (QED) is 0.565. The van der Waals surface area contributed by atoms with E-state index in [0.717, 1.165) is 17.6 Å². The minimum absolute atomic E-state index is 0.882. The Bertz CT molecular complexity index is 184. The van der Waals surface area contributed by atoms with Gasteiger partial charge in [-0.3, -0.25) is 0 Å². The van der Waals surface area contributed by atoms with Gasteiger partial charge in [-0.25, -0.2) is 0 Å². The zero-order valence-corrected chi connectivity index (χ0v) is 8.99. The van der Waals surface area contributed by atoms with Crippen molar-refractivity contribution >= 4 is 15.9 Å². The van der Waals surface area contributed by atoms with Gasteiger partial charge in [0.2, 0.25) is 0 Å². The molecule has 0 aromatic rings. The molecule has 0 spiro atoms. The van der Waals surface area contributed by atoms with Crippen LogP contribution in [0.3, 0.4) is 0 Å². The molecule has 0 bridgehead atoms. The molecule has 0 aromatic heterocycles. The number of allylic oxidation sites excluding steroid dienone is 1. The van der Waals surface area contributed by atoms with Gasteiger partial charge in [0.05, 0.1) is 0 Å². The Kier molecular flexibility index (Phi) is 4.62. The molecule has 0 atom stereocenters. The van der Waals surface area contributed by atoms with E-state index < -0.39 is 0 Å². The van der Waals surface area contributed by atoms with Crippen LogP contribution in [0.1, 0.15) is 25.7 Å². The maximum absolute atomic E-state index is 3.76. The lowest BCUT2D eigenvalue weighted by Crippen LogP contribution is -2.16. The standard InChI is InChI=1S/C10H16BrN/c1-9(11)8-12-7-6-10-4-2-3-5-10/h4,12H,1-3,5-8H2. The van der Waals surface area contributed by atoms with E-state index >= 15 is 0 Å². The smallest absolute Gasteiger partial charge is 0.0265 e. The molecule has 0 heterocycles. The van der Waals surface area contributed by atoms with Crippen LogP contribution in [-0.4, -0.2) is 13.1 Å². The summed E-state index contributed by atoms with van der Waals surface area (Å²) in [5.41, 5.74) is 1.63. The van der Waals surface area contributed by atoms with Crippen molar-refractivity contribution in [2.45, 2.75) is 25.7 Å². The SMILES string of the molecule is C=C(Br)CNCCC1=CCCC1. The van der Waals surface area contributed by atoms with Gasteiger partial charge in [-0.2, -0.15) is 0 Å². The van der Waals surface area contributed by atoms with Crippen molar-refractivity contribution < 1.29 is 0 Å². The average molecular weight is 230 g/mol. The molecule has 1 N–H and O–H groups in total. The summed E-state index contributed by atoms with van der Waals surface area (Å²) in [7, 11) is 0. The Morgan fingerprint density at radius 2 is 2.50 bits per heavy atom. The molecule has 0 saturated heterocycles. The lowest BCUT2D eigenvalue weighted by molar-refractivity contribution is 0.724. The van der Waals surface area contributed by atoms with Gasteiger partial charge in [0.15, 0.2) is 0 Å². The average Bonchev–Trinajstić information content (AvgIpc) is 2.49. The molecule has 1 aliphatic carbocycles. The highest BCUT2D eigenvalue weighted by Crippen LogP contribution is 2.19. The van der Waals surface area contributed by atoms with Gasteiger partial charge in [-0.15, -0.1) is 0 Å². The zero-order valence-electron chi connectivity index (χ0n) is 7.41. The Balaban J connectivity index is 1.98. The van der Waals surface area contributed by atoms with Crippen LogP contribution in [0.4, 0.5) is 0 Å². The second-order valence-electron chi connectivity index (χ2n) is 3.20. The summed E-state index contributed by atoms with van der Waals surface area (Å²) in [6.07, 6.45) is 7.56. The highest BCUT2D eigenvalue weighted by molar-refractivity contribution is 9.11. The van der Waals surface area contributed by atoms with Crippen LogP contribution in [0.5, 0.6) is 0 Å². The fraction of sp³-hybridized carbons (Fsp3) is 0.600. The molecule has 0 aliphatic heterocycles. The van der Waals surface area contributed by atoms with Gasteiger partial charge in [-0.05, 0) is 32.2 Å². The van der Waals surface area contributed by atoms with Crippen LogP contribution in [0.2, 0.25) is 0 Å². The van der Waals surface area contributed by atoms with E-state index in [0.29, 0.717) is 0 Å².